The molecule has 6 heteroatoms. The van der Waals surface area contributed by atoms with Crippen LogP contribution in [0, 0.1) is 5.92 Å². The Labute approximate surface area is 122 Å². The molecule has 0 saturated carbocycles. The second-order valence-corrected chi connectivity index (χ2v) is 5.03. The van der Waals surface area contributed by atoms with E-state index in [0.717, 1.165) is 4.90 Å². The molecule has 0 spiro atoms. The van der Waals surface area contributed by atoms with Gasteiger partial charge in [0.05, 0.1) is 19.1 Å². The second-order valence-electron chi connectivity index (χ2n) is 5.03. The maximum Gasteiger partial charge on any atom is 0.308 e. The van der Waals surface area contributed by atoms with E-state index in [0.29, 0.717) is 17.7 Å². The molecule has 0 bridgehead atoms. The SMILES string of the molecule is COc1cccc(C(=O)N2C(=O)CCC2C(C)C(=O)O)c1. The van der Waals surface area contributed by atoms with Gasteiger partial charge in [-0.25, -0.2) is 0 Å². The van der Waals surface area contributed by atoms with E-state index in [9.17, 15) is 14.4 Å². The number of nitrogens with zero attached hydrogens (tertiary/aromatic N) is 1. The van der Waals surface area contributed by atoms with Gasteiger partial charge in [-0.1, -0.05) is 6.07 Å². The fraction of sp³-hybridized carbons (Fsp3) is 0.400. The van der Waals surface area contributed by atoms with Crippen LogP contribution in [0.3, 0.4) is 0 Å². The maximum absolute atomic E-state index is 12.5. The summed E-state index contributed by atoms with van der Waals surface area (Å²) in [5.74, 6) is -2.10. The summed E-state index contributed by atoms with van der Waals surface area (Å²) in [6.07, 6.45) is 0.569. The number of ether oxygens (including phenoxy) is 1. The summed E-state index contributed by atoms with van der Waals surface area (Å²) in [6.45, 7) is 1.51. The van der Waals surface area contributed by atoms with Crippen LogP contribution in [0.15, 0.2) is 24.3 Å². The van der Waals surface area contributed by atoms with E-state index >= 15 is 0 Å². The van der Waals surface area contributed by atoms with Gasteiger partial charge in [0.25, 0.3) is 5.91 Å². The van der Waals surface area contributed by atoms with Gasteiger partial charge in [0.1, 0.15) is 5.75 Å². The van der Waals surface area contributed by atoms with Crippen LogP contribution in [-0.4, -0.2) is 40.9 Å². The van der Waals surface area contributed by atoms with E-state index in [-0.39, 0.29) is 12.3 Å². The van der Waals surface area contributed by atoms with Crippen molar-refractivity contribution in [3.63, 3.8) is 0 Å². The molecule has 2 rings (SSSR count). The average molecular weight is 291 g/mol. The van der Waals surface area contributed by atoms with Gasteiger partial charge < -0.3 is 9.84 Å². The Hall–Kier alpha value is -2.37. The molecule has 2 amide bonds. The summed E-state index contributed by atoms with van der Waals surface area (Å²) in [5.41, 5.74) is 0.312. The van der Waals surface area contributed by atoms with Crippen LogP contribution in [0.4, 0.5) is 0 Å². The zero-order valence-electron chi connectivity index (χ0n) is 11.9. The van der Waals surface area contributed by atoms with Crippen LogP contribution in [0.5, 0.6) is 5.75 Å². The average Bonchev–Trinajstić information content (AvgIpc) is 2.87. The number of imide groups is 1. The van der Waals surface area contributed by atoms with E-state index in [2.05, 4.69) is 0 Å². The highest BCUT2D eigenvalue weighted by molar-refractivity contribution is 6.06. The number of amides is 2. The van der Waals surface area contributed by atoms with E-state index in [1.807, 2.05) is 0 Å². The van der Waals surface area contributed by atoms with Crippen molar-refractivity contribution < 1.29 is 24.2 Å². The van der Waals surface area contributed by atoms with E-state index in [4.69, 9.17) is 9.84 Å². The number of hydrogen-bond acceptors (Lipinski definition) is 4. The molecule has 0 aliphatic carbocycles. The number of carbonyl (C=O) groups excluding carboxylic acids is 2. The van der Waals surface area contributed by atoms with Crippen LogP contribution in [0.2, 0.25) is 0 Å². The molecule has 1 N–H and O–H groups in total. The molecule has 0 radical (unpaired) electrons. The van der Waals surface area contributed by atoms with Gasteiger partial charge >= 0.3 is 5.97 Å². The Morgan fingerprint density at radius 1 is 1.43 bits per heavy atom. The molecular weight excluding hydrogens is 274 g/mol. The smallest absolute Gasteiger partial charge is 0.308 e. The lowest BCUT2D eigenvalue weighted by Crippen LogP contribution is -2.44. The molecule has 1 fully saturated rings. The van der Waals surface area contributed by atoms with Gasteiger partial charge in [0, 0.05) is 12.0 Å². The number of likely N-dealkylation sites (tertiary alicyclic amines) is 1. The molecule has 1 saturated heterocycles. The van der Waals surface area contributed by atoms with Crippen LogP contribution < -0.4 is 4.74 Å². The van der Waals surface area contributed by atoms with E-state index < -0.39 is 23.8 Å². The molecule has 112 valence electrons. The molecule has 0 aromatic heterocycles. The molecule has 6 nitrogen and oxygen atoms in total. The van der Waals surface area contributed by atoms with Crippen molar-refractivity contribution in [1.29, 1.82) is 0 Å². The number of methoxy groups -OCH3 is 1. The minimum absolute atomic E-state index is 0.192. The highest BCUT2D eigenvalue weighted by Gasteiger charge is 2.41. The largest absolute Gasteiger partial charge is 0.497 e. The Bertz CT molecular complexity index is 583. The molecule has 21 heavy (non-hydrogen) atoms. The van der Waals surface area contributed by atoms with E-state index in [1.54, 1.807) is 18.2 Å². The van der Waals surface area contributed by atoms with Gasteiger partial charge in [-0.3, -0.25) is 19.3 Å². The fourth-order valence-corrected chi connectivity index (χ4v) is 2.50. The topological polar surface area (TPSA) is 83.9 Å². The number of benzene rings is 1. The Morgan fingerprint density at radius 3 is 2.76 bits per heavy atom. The normalized spacial score (nSPS) is 19.4. The van der Waals surface area contributed by atoms with Gasteiger partial charge in [-0.2, -0.15) is 0 Å². The monoisotopic (exact) mass is 291 g/mol. The lowest BCUT2D eigenvalue weighted by atomic mass is 9.99. The van der Waals surface area contributed by atoms with Gasteiger partial charge in [-0.15, -0.1) is 0 Å². The predicted octanol–water partition coefficient (Wildman–Crippen LogP) is 1.55. The zero-order chi connectivity index (χ0) is 15.6. The lowest BCUT2D eigenvalue weighted by Gasteiger charge is -2.26. The molecule has 2 atom stereocenters. The summed E-state index contributed by atoms with van der Waals surface area (Å²) in [4.78, 5) is 36.7. The number of carboxylic acid groups (broad SMARTS) is 1. The van der Waals surface area contributed by atoms with Crippen molar-refractivity contribution in [2.45, 2.75) is 25.8 Å². The number of aliphatic carboxylic acids is 1. The van der Waals surface area contributed by atoms with Gasteiger partial charge in [0.15, 0.2) is 0 Å². The van der Waals surface area contributed by atoms with Crippen LogP contribution in [0.1, 0.15) is 30.1 Å². The molecule has 1 aliphatic heterocycles. The first-order valence-corrected chi connectivity index (χ1v) is 6.69. The first-order valence-electron chi connectivity index (χ1n) is 6.69. The van der Waals surface area contributed by atoms with Crippen LogP contribution in [0.25, 0.3) is 0 Å². The third kappa shape index (κ3) is 2.89. The van der Waals surface area contributed by atoms with Crippen molar-refractivity contribution in [1.82, 2.24) is 4.90 Å². The molecule has 1 aromatic rings. The first kappa shape index (κ1) is 15.0. The zero-order valence-corrected chi connectivity index (χ0v) is 11.9. The Kier molecular flexibility index (Phi) is 4.26. The van der Waals surface area contributed by atoms with Gasteiger partial charge in [-0.05, 0) is 31.5 Å². The second kappa shape index (κ2) is 5.95. The third-order valence-corrected chi connectivity index (χ3v) is 3.76. The number of carbonyl (C=O) groups is 3. The maximum atomic E-state index is 12.5. The van der Waals surface area contributed by atoms with Crippen molar-refractivity contribution in [2.24, 2.45) is 5.92 Å². The fourth-order valence-electron chi connectivity index (χ4n) is 2.50. The number of hydrogen-bond donors (Lipinski definition) is 1. The highest BCUT2D eigenvalue weighted by atomic mass is 16.5. The minimum atomic E-state index is -1.02. The standard InChI is InChI=1S/C15H17NO5/c1-9(15(19)20)12-6-7-13(17)16(12)14(18)10-4-3-5-11(8-10)21-2/h3-5,8-9,12H,6-7H2,1-2H3,(H,19,20). The Morgan fingerprint density at radius 2 is 2.14 bits per heavy atom. The van der Waals surface area contributed by atoms with Crippen molar-refractivity contribution in [3.8, 4) is 5.75 Å². The van der Waals surface area contributed by atoms with Crippen LogP contribution >= 0.6 is 0 Å². The summed E-state index contributed by atoms with van der Waals surface area (Å²) in [6, 6.07) is 5.87. The molecule has 1 aromatic carbocycles. The summed E-state index contributed by atoms with van der Waals surface area (Å²) < 4.78 is 5.06. The number of rotatable bonds is 4. The van der Waals surface area contributed by atoms with Gasteiger partial charge in [0.2, 0.25) is 5.91 Å². The van der Waals surface area contributed by atoms with Crippen LogP contribution in [-0.2, 0) is 9.59 Å². The third-order valence-electron chi connectivity index (χ3n) is 3.76. The van der Waals surface area contributed by atoms with Crippen molar-refractivity contribution in [2.75, 3.05) is 7.11 Å². The predicted molar refractivity (Wildman–Crippen MR) is 74.0 cm³/mol. The quantitative estimate of drug-likeness (QED) is 0.851. The van der Waals surface area contributed by atoms with Crippen molar-refractivity contribution >= 4 is 17.8 Å². The lowest BCUT2D eigenvalue weighted by molar-refractivity contribution is -0.143. The van der Waals surface area contributed by atoms with Crippen molar-refractivity contribution in [3.05, 3.63) is 29.8 Å². The molecule has 2 unspecified atom stereocenters. The number of carboxylic acids is 1. The summed E-state index contributed by atoms with van der Waals surface area (Å²) >= 11 is 0. The highest BCUT2D eigenvalue weighted by Crippen LogP contribution is 2.28. The Balaban J connectivity index is 2.30. The minimum Gasteiger partial charge on any atom is -0.497 e. The summed E-state index contributed by atoms with van der Waals surface area (Å²) in [5, 5.41) is 9.11. The molecular formula is C15H17NO5. The summed E-state index contributed by atoms with van der Waals surface area (Å²) in [7, 11) is 1.49. The van der Waals surface area contributed by atoms with E-state index in [1.165, 1.54) is 20.1 Å². The first-order chi connectivity index (χ1) is 9.95. The molecule has 1 heterocycles. The molecule has 1 aliphatic rings.